The third-order valence-electron chi connectivity index (χ3n) is 4.96. The van der Waals surface area contributed by atoms with Crippen LogP contribution in [-0.2, 0) is 0 Å². The number of nitriles is 1. The molecular weight excluding hydrogens is 354 g/mol. The Morgan fingerprint density at radius 1 is 1.11 bits per heavy atom. The normalized spacial score (nSPS) is 19.4. The fourth-order valence-electron chi connectivity index (χ4n) is 3.53. The van der Waals surface area contributed by atoms with Crippen LogP contribution in [0, 0.1) is 11.3 Å². The molecule has 1 amide bonds. The molecule has 7 nitrogen and oxygen atoms in total. The standard InChI is InChI=1S/C21H25N5O2/c1-14(2)17-5-8-19(9-6-17)28-21(27)25-12-15(3)26(16(4)13-25)20-10-7-18(11-22)23-24-20/h5-10,14-16H,12-13H2,1-4H3/t15-,16+. The Labute approximate surface area is 165 Å². The van der Waals surface area contributed by atoms with Crippen molar-refractivity contribution >= 4 is 11.9 Å². The molecule has 3 rings (SSSR count). The van der Waals surface area contributed by atoms with Crippen molar-refractivity contribution in [3.05, 3.63) is 47.7 Å². The molecular formula is C21H25N5O2. The average Bonchev–Trinajstić information content (AvgIpc) is 2.68. The Balaban J connectivity index is 1.65. The van der Waals surface area contributed by atoms with Gasteiger partial charge in [0, 0.05) is 25.2 Å². The van der Waals surface area contributed by atoms with Gasteiger partial charge in [0.2, 0.25) is 0 Å². The predicted molar refractivity (Wildman–Crippen MR) is 106 cm³/mol. The van der Waals surface area contributed by atoms with Gasteiger partial charge >= 0.3 is 6.09 Å². The summed E-state index contributed by atoms with van der Waals surface area (Å²) in [5.41, 5.74) is 1.49. The summed E-state index contributed by atoms with van der Waals surface area (Å²) in [6.07, 6.45) is -0.346. The first-order valence-corrected chi connectivity index (χ1v) is 9.48. The molecule has 1 saturated heterocycles. The van der Waals surface area contributed by atoms with Crippen LogP contribution in [0.25, 0.3) is 0 Å². The highest BCUT2D eigenvalue weighted by molar-refractivity contribution is 5.71. The monoisotopic (exact) mass is 379 g/mol. The van der Waals surface area contributed by atoms with Gasteiger partial charge in [-0.05, 0) is 49.6 Å². The number of hydrogen-bond acceptors (Lipinski definition) is 6. The highest BCUT2D eigenvalue weighted by Gasteiger charge is 2.33. The molecule has 0 bridgehead atoms. The van der Waals surface area contributed by atoms with E-state index in [1.54, 1.807) is 17.0 Å². The Morgan fingerprint density at radius 2 is 1.75 bits per heavy atom. The molecule has 1 aromatic heterocycles. The third kappa shape index (κ3) is 4.22. The maximum atomic E-state index is 12.6. The molecule has 0 saturated carbocycles. The largest absolute Gasteiger partial charge is 0.415 e. The van der Waals surface area contributed by atoms with Crippen LogP contribution in [0.3, 0.4) is 0 Å². The number of rotatable bonds is 3. The maximum Gasteiger partial charge on any atom is 0.415 e. The third-order valence-corrected chi connectivity index (χ3v) is 4.96. The van der Waals surface area contributed by atoms with Gasteiger partial charge in [0.1, 0.15) is 11.8 Å². The van der Waals surface area contributed by atoms with Crippen LogP contribution in [0.1, 0.15) is 44.9 Å². The first-order valence-electron chi connectivity index (χ1n) is 9.48. The van der Waals surface area contributed by atoms with Crippen LogP contribution in [0.2, 0.25) is 0 Å². The van der Waals surface area contributed by atoms with Crippen LogP contribution in [0.15, 0.2) is 36.4 Å². The van der Waals surface area contributed by atoms with Crippen molar-refractivity contribution in [2.24, 2.45) is 0 Å². The number of nitrogens with zero attached hydrogens (tertiary/aromatic N) is 5. The molecule has 28 heavy (non-hydrogen) atoms. The number of piperazine rings is 1. The minimum absolute atomic E-state index is 0.0434. The molecule has 2 aromatic rings. The fourth-order valence-corrected chi connectivity index (χ4v) is 3.53. The summed E-state index contributed by atoms with van der Waals surface area (Å²) in [5.74, 6) is 1.69. The Kier molecular flexibility index (Phi) is 5.78. The van der Waals surface area contributed by atoms with E-state index >= 15 is 0 Å². The van der Waals surface area contributed by atoms with Crippen LogP contribution < -0.4 is 9.64 Å². The van der Waals surface area contributed by atoms with E-state index in [1.165, 1.54) is 5.56 Å². The first kappa shape index (κ1) is 19.6. The molecule has 1 aromatic carbocycles. The van der Waals surface area contributed by atoms with Gasteiger partial charge in [-0.1, -0.05) is 26.0 Å². The number of hydrogen-bond donors (Lipinski definition) is 0. The zero-order chi connectivity index (χ0) is 20.3. The predicted octanol–water partition coefficient (Wildman–Crippen LogP) is 3.57. The lowest BCUT2D eigenvalue weighted by Gasteiger charge is -2.44. The van der Waals surface area contributed by atoms with Crippen molar-refractivity contribution in [2.75, 3.05) is 18.0 Å². The zero-order valence-electron chi connectivity index (χ0n) is 16.7. The van der Waals surface area contributed by atoms with E-state index in [1.807, 2.05) is 44.2 Å². The molecule has 0 aliphatic carbocycles. The molecule has 7 heteroatoms. The quantitative estimate of drug-likeness (QED) is 0.811. The summed E-state index contributed by atoms with van der Waals surface area (Å²) < 4.78 is 5.56. The minimum Gasteiger partial charge on any atom is -0.410 e. The molecule has 2 atom stereocenters. The van der Waals surface area contributed by atoms with E-state index in [-0.39, 0.29) is 23.9 Å². The van der Waals surface area contributed by atoms with Crippen molar-refractivity contribution in [1.82, 2.24) is 15.1 Å². The summed E-state index contributed by atoms with van der Waals surface area (Å²) in [4.78, 5) is 16.5. The molecule has 0 unspecified atom stereocenters. The summed E-state index contributed by atoms with van der Waals surface area (Å²) >= 11 is 0. The Morgan fingerprint density at radius 3 is 2.25 bits per heavy atom. The average molecular weight is 379 g/mol. The molecule has 146 valence electrons. The molecule has 0 radical (unpaired) electrons. The summed E-state index contributed by atoms with van der Waals surface area (Å²) in [5, 5.41) is 16.9. The first-order chi connectivity index (χ1) is 13.4. The Hall–Kier alpha value is -3.14. The summed E-state index contributed by atoms with van der Waals surface area (Å²) in [6.45, 7) is 9.37. The van der Waals surface area contributed by atoms with Gasteiger partial charge in [-0.25, -0.2) is 4.79 Å². The number of aromatic nitrogens is 2. The molecule has 2 heterocycles. The van der Waals surface area contributed by atoms with Gasteiger partial charge in [0.05, 0.1) is 0 Å². The number of carbonyl (C=O) groups is 1. The van der Waals surface area contributed by atoms with Crippen molar-refractivity contribution < 1.29 is 9.53 Å². The molecule has 1 aliphatic rings. The van der Waals surface area contributed by atoms with E-state index < -0.39 is 0 Å². The second-order valence-corrected chi connectivity index (χ2v) is 7.49. The number of carbonyl (C=O) groups excluding carboxylic acids is 1. The van der Waals surface area contributed by atoms with E-state index in [9.17, 15) is 4.79 Å². The highest BCUT2D eigenvalue weighted by Crippen LogP contribution is 2.24. The molecule has 0 N–H and O–H groups in total. The summed E-state index contributed by atoms with van der Waals surface area (Å²) in [7, 11) is 0. The van der Waals surface area contributed by atoms with Crippen LogP contribution in [0.4, 0.5) is 10.6 Å². The van der Waals surface area contributed by atoms with E-state index in [0.717, 1.165) is 0 Å². The lowest BCUT2D eigenvalue weighted by molar-refractivity contribution is 0.134. The lowest BCUT2D eigenvalue weighted by atomic mass is 10.0. The van der Waals surface area contributed by atoms with Gasteiger partial charge in [0.25, 0.3) is 0 Å². The maximum absolute atomic E-state index is 12.6. The highest BCUT2D eigenvalue weighted by atomic mass is 16.6. The number of amides is 1. The van der Waals surface area contributed by atoms with Crippen LogP contribution in [0.5, 0.6) is 5.75 Å². The number of benzene rings is 1. The smallest absolute Gasteiger partial charge is 0.410 e. The van der Waals surface area contributed by atoms with Gasteiger partial charge in [0.15, 0.2) is 11.5 Å². The van der Waals surface area contributed by atoms with Gasteiger partial charge in [-0.2, -0.15) is 5.26 Å². The van der Waals surface area contributed by atoms with Gasteiger partial charge < -0.3 is 14.5 Å². The SMILES string of the molecule is CC(C)c1ccc(OC(=O)N2C[C@@H](C)N(c3ccc(C#N)nn3)[C@@H](C)C2)cc1. The van der Waals surface area contributed by atoms with Gasteiger partial charge in [-0.3, -0.25) is 0 Å². The van der Waals surface area contributed by atoms with Crippen molar-refractivity contribution in [3.63, 3.8) is 0 Å². The van der Waals surface area contributed by atoms with E-state index in [0.29, 0.717) is 30.6 Å². The fraction of sp³-hybridized carbons (Fsp3) is 0.429. The second kappa shape index (κ2) is 8.26. The second-order valence-electron chi connectivity index (χ2n) is 7.49. The number of anilines is 1. The lowest BCUT2D eigenvalue weighted by Crippen LogP contribution is -2.59. The van der Waals surface area contributed by atoms with Crippen LogP contribution in [-0.4, -0.2) is 46.4 Å². The number of ether oxygens (including phenoxy) is 1. The zero-order valence-corrected chi connectivity index (χ0v) is 16.7. The van der Waals surface area contributed by atoms with Gasteiger partial charge in [-0.15, -0.1) is 10.2 Å². The van der Waals surface area contributed by atoms with Crippen molar-refractivity contribution in [3.8, 4) is 11.8 Å². The Bertz CT molecular complexity index is 846. The molecule has 0 spiro atoms. The molecule has 1 fully saturated rings. The van der Waals surface area contributed by atoms with Crippen molar-refractivity contribution in [1.29, 1.82) is 5.26 Å². The molecule has 1 aliphatic heterocycles. The summed E-state index contributed by atoms with van der Waals surface area (Å²) in [6, 6.07) is 13.2. The van der Waals surface area contributed by atoms with Crippen molar-refractivity contribution in [2.45, 2.75) is 45.7 Å². The van der Waals surface area contributed by atoms with E-state index in [2.05, 4.69) is 28.9 Å². The van der Waals surface area contributed by atoms with E-state index in [4.69, 9.17) is 10.00 Å². The minimum atomic E-state index is -0.346. The van der Waals surface area contributed by atoms with Crippen LogP contribution >= 0.6 is 0 Å². The topological polar surface area (TPSA) is 82.4 Å².